The highest BCUT2D eigenvalue weighted by Gasteiger charge is 2.11. The molecule has 1 aliphatic rings. The largest absolute Gasteiger partial charge is 0.493 e. The van der Waals surface area contributed by atoms with Gasteiger partial charge in [-0.05, 0) is 57.5 Å². The smallest absolute Gasteiger partial charge is 0.161 e. The number of benzene rings is 1. The molecule has 1 aromatic rings. The molecule has 0 aromatic heterocycles. The van der Waals surface area contributed by atoms with E-state index in [-0.39, 0.29) is 18.2 Å². The van der Waals surface area contributed by atoms with Gasteiger partial charge in [-0.3, -0.25) is 4.79 Å². The van der Waals surface area contributed by atoms with Crippen LogP contribution in [0.25, 0.3) is 0 Å². The SMILES string of the molecule is COc1cc(C(C)=O)ccc1OCCCN1CCCCC1.Cl. The van der Waals surface area contributed by atoms with E-state index in [1.807, 2.05) is 6.07 Å². The molecule has 0 saturated carbocycles. The second kappa shape index (κ2) is 9.70. The fourth-order valence-corrected chi connectivity index (χ4v) is 2.66. The molecule has 2 rings (SSSR count). The molecular weight excluding hydrogens is 302 g/mol. The number of ketones is 1. The van der Waals surface area contributed by atoms with E-state index in [2.05, 4.69) is 4.90 Å². The summed E-state index contributed by atoms with van der Waals surface area (Å²) in [6, 6.07) is 5.34. The zero-order chi connectivity index (χ0) is 15.1. The zero-order valence-electron chi connectivity index (χ0n) is 13.5. The summed E-state index contributed by atoms with van der Waals surface area (Å²) in [6.45, 7) is 5.75. The van der Waals surface area contributed by atoms with Gasteiger partial charge < -0.3 is 14.4 Å². The number of ether oxygens (including phenoxy) is 2. The molecule has 1 fully saturated rings. The van der Waals surface area contributed by atoms with E-state index in [1.165, 1.54) is 32.4 Å². The van der Waals surface area contributed by atoms with Crippen molar-refractivity contribution in [2.24, 2.45) is 0 Å². The Balaban J connectivity index is 0.00000242. The molecule has 0 radical (unpaired) electrons. The molecule has 124 valence electrons. The zero-order valence-corrected chi connectivity index (χ0v) is 14.3. The van der Waals surface area contributed by atoms with E-state index >= 15 is 0 Å². The number of hydrogen-bond donors (Lipinski definition) is 0. The molecule has 1 saturated heterocycles. The van der Waals surface area contributed by atoms with E-state index in [9.17, 15) is 4.79 Å². The normalized spacial score (nSPS) is 15.0. The Hall–Kier alpha value is -1.26. The van der Waals surface area contributed by atoms with Crippen molar-refractivity contribution in [2.75, 3.05) is 33.4 Å². The highest BCUT2D eigenvalue weighted by atomic mass is 35.5. The fraction of sp³-hybridized carbons (Fsp3) is 0.588. The number of hydrogen-bond acceptors (Lipinski definition) is 4. The Labute approximate surface area is 139 Å². The van der Waals surface area contributed by atoms with Gasteiger partial charge in [-0.1, -0.05) is 6.42 Å². The predicted molar refractivity (Wildman–Crippen MR) is 90.6 cm³/mol. The molecule has 22 heavy (non-hydrogen) atoms. The summed E-state index contributed by atoms with van der Waals surface area (Å²) in [5, 5.41) is 0. The van der Waals surface area contributed by atoms with E-state index in [1.54, 1.807) is 26.2 Å². The number of halogens is 1. The lowest BCUT2D eigenvalue weighted by Crippen LogP contribution is -2.31. The van der Waals surface area contributed by atoms with Crippen molar-refractivity contribution in [3.05, 3.63) is 23.8 Å². The summed E-state index contributed by atoms with van der Waals surface area (Å²) in [5.41, 5.74) is 0.646. The van der Waals surface area contributed by atoms with Crippen molar-refractivity contribution >= 4 is 18.2 Å². The molecule has 0 spiro atoms. The van der Waals surface area contributed by atoms with E-state index < -0.39 is 0 Å². The molecule has 5 heteroatoms. The summed E-state index contributed by atoms with van der Waals surface area (Å²) in [4.78, 5) is 13.9. The van der Waals surface area contributed by atoms with Crippen LogP contribution in [0, 0.1) is 0 Å². The third kappa shape index (κ3) is 5.50. The number of Topliss-reactive ketones (excluding diaryl/α,β-unsaturated/α-hetero) is 1. The first-order valence-corrected chi connectivity index (χ1v) is 7.75. The van der Waals surface area contributed by atoms with E-state index in [0.717, 1.165) is 13.0 Å². The van der Waals surface area contributed by atoms with Crippen molar-refractivity contribution in [1.82, 2.24) is 4.90 Å². The topological polar surface area (TPSA) is 38.8 Å². The fourth-order valence-electron chi connectivity index (χ4n) is 2.66. The molecule has 1 heterocycles. The molecule has 0 atom stereocenters. The standard InChI is InChI=1S/C17H25NO3.ClH/c1-14(19)15-7-8-16(17(13-15)20-2)21-12-6-11-18-9-4-3-5-10-18;/h7-8,13H,3-6,9-12H2,1-2H3;1H. The number of piperidine rings is 1. The second-order valence-electron chi connectivity index (χ2n) is 5.53. The number of nitrogens with zero attached hydrogens (tertiary/aromatic N) is 1. The van der Waals surface area contributed by atoms with Gasteiger partial charge in [0.1, 0.15) is 0 Å². The third-order valence-electron chi connectivity index (χ3n) is 3.90. The lowest BCUT2D eigenvalue weighted by Gasteiger charge is -2.26. The lowest BCUT2D eigenvalue weighted by atomic mass is 10.1. The van der Waals surface area contributed by atoms with E-state index in [4.69, 9.17) is 9.47 Å². The minimum Gasteiger partial charge on any atom is -0.493 e. The number of likely N-dealkylation sites (tertiary alicyclic amines) is 1. The van der Waals surface area contributed by atoms with E-state index in [0.29, 0.717) is 23.7 Å². The number of rotatable bonds is 7. The Morgan fingerprint density at radius 1 is 1.18 bits per heavy atom. The van der Waals surface area contributed by atoms with Crippen molar-refractivity contribution in [3.63, 3.8) is 0 Å². The average Bonchev–Trinajstić information content (AvgIpc) is 2.52. The van der Waals surface area contributed by atoms with Crippen LogP contribution in [0.5, 0.6) is 11.5 Å². The van der Waals surface area contributed by atoms with Gasteiger partial charge in [0.2, 0.25) is 0 Å². The molecule has 4 nitrogen and oxygen atoms in total. The molecular formula is C17H26ClNO3. The number of carbonyl (C=O) groups excluding carboxylic acids is 1. The van der Waals surface area contributed by atoms with Crippen LogP contribution in [0.4, 0.5) is 0 Å². The minimum atomic E-state index is 0. The molecule has 0 aliphatic carbocycles. The van der Waals surface area contributed by atoms with Gasteiger partial charge >= 0.3 is 0 Å². The minimum absolute atomic E-state index is 0. The van der Waals surface area contributed by atoms with Crippen molar-refractivity contribution in [3.8, 4) is 11.5 Å². The first-order chi connectivity index (χ1) is 10.2. The molecule has 0 bridgehead atoms. The van der Waals surface area contributed by atoms with Gasteiger partial charge in [-0.15, -0.1) is 12.4 Å². The molecule has 0 amide bonds. The molecule has 0 unspecified atom stereocenters. The van der Waals surface area contributed by atoms with Crippen molar-refractivity contribution < 1.29 is 14.3 Å². The predicted octanol–water partition coefficient (Wildman–Crippen LogP) is 3.57. The maximum atomic E-state index is 11.4. The highest BCUT2D eigenvalue weighted by molar-refractivity contribution is 5.94. The Kier molecular flexibility index (Phi) is 8.28. The maximum absolute atomic E-state index is 11.4. The average molecular weight is 328 g/mol. The van der Waals surface area contributed by atoms with Gasteiger partial charge in [-0.25, -0.2) is 0 Å². The number of carbonyl (C=O) groups is 1. The Morgan fingerprint density at radius 3 is 2.55 bits per heavy atom. The maximum Gasteiger partial charge on any atom is 0.161 e. The van der Waals surface area contributed by atoms with Gasteiger partial charge in [-0.2, -0.15) is 0 Å². The Bertz CT molecular complexity index is 473. The van der Waals surface area contributed by atoms with Crippen LogP contribution in [0.3, 0.4) is 0 Å². The monoisotopic (exact) mass is 327 g/mol. The van der Waals surface area contributed by atoms with Crippen LogP contribution in [0.1, 0.15) is 43.0 Å². The van der Waals surface area contributed by atoms with Crippen molar-refractivity contribution in [1.29, 1.82) is 0 Å². The second-order valence-corrected chi connectivity index (χ2v) is 5.53. The summed E-state index contributed by atoms with van der Waals surface area (Å²) < 4.78 is 11.1. The third-order valence-corrected chi connectivity index (χ3v) is 3.90. The summed E-state index contributed by atoms with van der Waals surface area (Å²) in [6.07, 6.45) is 5.02. The molecule has 0 N–H and O–H groups in total. The van der Waals surface area contributed by atoms with Crippen LogP contribution in [0.15, 0.2) is 18.2 Å². The van der Waals surface area contributed by atoms with Crippen LogP contribution in [-0.2, 0) is 0 Å². The van der Waals surface area contributed by atoms with Gasteiger partial charge in [0.15, 0.2) is 17.3 Å². The molecule has 1 aliphatic heterocycles. The van der Waals surface area contributed by atoms with Crippen LogP contribution in [-0.4, -0.2) is 44.0 Å². The summed E-state index contributed by atoms with van der Waals surface area (Å²) >= 11 is 0. The summed E-state index contributed by atoms with van der Waals surface area (Å²) in [5.74, 6) is 1.37. The number of methoxy groups -OCH3 is 1. The first-order valence-electron chi connectivity index (χ1n) is 7.75. The van der Waals surface area contributed by atoms with Gasteiger partial charge in [0.05, 0.1) is 13.7 Å². The highest BCUT2D eigenvalue weighted by Crippen LogP contribution is 2.28. The van der Waals surface area contributed by atoms with Gasteiger partial charge in [0, 0.05) is 12.1 Å². The van der Waals surface area contributed by atoms with Gasteiger partial charge in [0.25, 0.3) is 0 Å². The quantitative estimate of drug-likeness (QED) is 0.567. The van der Waals surface area contributed by atoms with Crippen LogP contribution < -0.4 is 9.47 Å². The first kappa shape index (κ1) is 18.8. The Morgan fingerprint density at radius 2 is 1.91 bits per heavy atom. The lowest BCUT2D eigenvalue weighted by molar-refractivity contribution is 0.101. The van der Waals surface area contributed by atoms with Crippen molar-refractivity contribution in [2.45, 2.75) is 32.6 Å². The summed E-state index contributed by atoms with van der Waals surface area (Å²) in [7, 11) is 1.60. The van der Waals surface area contributed by atoms with Crippen LogP contribution >= 0.6 is 12.4 Å². The molecule has 1 aromatic carbocycles. The van der Waals surface area contributed by atoms with Crippen LogP contribution in [0.2, 0.25) is 0 Å².